The van der Waals surface area contributed by atoms with Gasteiger partial charge in [0.25, 0.3) is 0 Å². The maximum atomic E-state index is 11.3. The predicted molar refractivity (Wildman–Crippen MR) is 94.6 cm³/mol. The van der Waals surface area contributed by atoms with Crippen LogP contribution in [0.25, 0.3) is 11.5 Å². The normalized spacial score (nSPS) is 10.9. The van der Waals surface area contributed by atoms with E-state index in [0.29, 0.717) is 11.6 Å². The fourth-order valence-electron chi connectivity index (χ4n) is 2.00. The van der Waals surface area contributed by atoms with Crippen LogP contribution in [0.5, 0.6) is 5.95 Å². The third-order valence-electron chi connectivity index (χ3n) is 3.02. The van der Waals surface area contributed by atoms with E-state index in [1.807, 2.05) is 54.6 Å². The summed E-state index contributed by atoms with van der Waals surface area (Å²) in [6.07, 6.45) is 1.51. The number of carbonyl (C=O) groups excluding carboxylic acids is 1. The molecule has 0 amide bonds. The quantitative estimate of drug-likeness (QED) is 0.479. The number of oxazole rings is 1. The lowest BCUT2D eigenvalue weighted by Crippen LogP contribution is -2.02. The smallest absolute Gasteiger partial charge is 0.322 e. The van der Waals surface area contributed by atoms with Gasteiger partial charge in [0.15, 0.2) is 5.69 Å². The minimum atomic E-state index is -0.483. The van der Waals surface area contributed by atoms with E-state index in [1.54, 1.807) is 0 Å². The molecule has 0 bridgehead atoms. The molecule has 120 valence electrons. The Morgan fingerprint density at radius 2 is 2.00 bits per heavy atom. The van der Waals surface area contributed by atoms with Crippen LogP contribution in [-0.2, 0) is 4.79 Å². The van der Waals surface area contributed by atoms with Crippen LogP contribution in [0.3, 0.4) is 0 Å². The van der Waals surface area contributed by atoms with Crippen molar-refractivity contribution >= 4 is 33.8 Å². The molecule has 2 aromatic carbocycles. The number of hydrogen-bond acceptors (Lipinski definition) is 5. The van der Waals surface area contributed by atoms with Gasteiger partial charge in [0, 0.05) is 17.0 Å². The van der Waals surface area contributed by atoms with E-state index < -0.39 is 5.97 Å². The molecular formula is C18H13BrN2O3. The number of hydrogen-bond donors (Lipinski definition) is 0. The summed E-state index contributed by atoms with van der Waals surface area (Å²) in [5.41, 5.74) is 1.87. The van der Waals surface area contributed by atoms with Crippen molar-refractivity contribution in [2.45, 2.75) is 6.92 Å². The van der Waals surface area contributed by atoms with Crippen molar-refractivity contribution in [1.29, 1.82) is 0 Å². The van der Waals surface area contributed by atoms with E-state index in [9.17, 15) is 4.79 Å². The highest BCUT2D eigenvalue weighted by Crippen LogP contribution is 2.27. The first-order chi connectivity index (χ1) is 11.6. The maximum Gasteiger partial charge on any atom is 0.322 e. The lowest BCUT2D eigenvalue weighted by molar-refractivity contribution is -0.133. The zero-order chi connectivity index (χ0) is 16.9. The molecule has 5 nitrogen and oxygen atoms in total. The van der Waals surface area contributed by atoms with E-state index in [-0.39, 0.29) is 5.95 Å². The van der Waals surface area contributed by atoms with Gasteiger partial charge in [-0.15, -0.1) is 0 Å². The Kier molecular flexibility index (Phi) is 4.86. The molecular weight excluding hydrogens is 372 g/mol. The summed E-state index contributed by atoms with van der Waals surface area (Å²) >= 11 is 3.39. The van der Waals surface area contributed by atoms with Crippen molar-refractivity contribution < 1.29 is 13.9 Å². The minimum Gasteiger partial charge on any atom is -0.405 e. The third-order valence-corrected chi connectivity index (χ3v) is 3.52. The van der Waals surface area contributed by atoms with Crippen molar-refractivity contribution in [2.24, 2.45) is 4.99 Å². The Balaban J connectivity index is 1.96. The third kappa shape index (κ3) is 3.97. The predicted octanol–water partition coefficient (Wildman–Crippen LogP) is 4.78. The first-order valence-corrected chi connectivity index (χ1v) is 7.95. The first-order valence-electron chi connectivity index (χ1n) is 7.16. The van der Waals surface area contributed by atoms with Crippen LogP contribution < -0.4 is 4.74 Å². The second kappa shape index (κ2) is 7.23. The molecule has 0 atom stereocenters. The molecule has 0 fully saturated rings. The molecule has 0 spiro atoms. The van der Waals surface area contributed by atoms with Gasteiger partial charge in [-0.05, 0) is 30.3 Å². The largest absolute Gasteiger partial charge is 0.405 e. The summed E-state index contributed by atoms with van der Waals surface area (Å²) in [7, 11) is 0. The van der Waals surface area contributed by atoms with Gasteiger partial charge in [-0.3, -0.25) is 9.79 Å². The van der Waals surface area contributed by atoms with E-state index in [0.717, 1.165) is 15.7 Å². The molecule has 3 rings (SSSR count). The zero-order valence-corrected chi connectivity index (χ0v) is 14.4. The number of ether oxygens (including phenoxy) is 1. The van der Waals surface area contributed by atoms with Crippen molar-refractivity contribution in [3.8, 4) is 17.4 Å². The van der Waals surface area contributed by atoms with Gasteiger partial charge in [-0.1, -0.05) is 40.2 Å². The number of esters is 1. The second-order valence-electron chi connectivity index (χ2n) is 4.89. The van der Waals surface area contributed by atoms with Crippen LogP contribution in [0.15, 0.2) is 68.5 Å². The number of halogens is 1. The topological polar surface area (TPSA) is 64.7 Å². The van der Waals surface area contributed by atoms with Gasteiger partial charge in [-0.25, -0.2) is 4.98 Å². The van der Waals surface area contributed by atoms with E-state index in [2.05, 4.69) is 25.9 Å². The Labute approximate surface area is 147 Å². The molecule has 1 heterocycles. The molecule has 3 aromatic rings. The Morgan fingerprint density at radius 1 is 1.21 bits per heavy atom. The average Bonchev–Trinajstić information content (AvgIpc) is 2.96. The molecule has 1 aromatic heterocycles. The fraction of sp³-hybridized carbons (Fsp3) is 0.0556. The van der Waals surface area contributed by atoms with Crippen LogP contribution >= 0.6 is 15.9 Å². The second-order valence-corrected chi connectivity index (χ2v) is 5.81. The van der Waals surface area contributed by atoms with Crippen LogP contribution in [0, 0.1) is 0 Å². The molecule has 0 aliphatic heterocycles. The molecule has 0 saturated heterocycles. The van der Waals surface area contributed by atoms with Gasteiger partial charge < -0.3 is 9.15 Å². The van der Waals surface area contributed by atoms with E-state index in [4.69, 9.17) is 9.15 Å². The Bertz CT molecular complexity index is 888. The number of nitrogens with zero attached hydrogens (tertiary/aromatic N) is 2. The molecule has 0 aliphatic carbocycles. The average molecular weight is 385 g/mol. The van der Waals surface area contributed by atoms with Crippen LogP contribution in [0.1, 0.15) is 12.6 Å². The number of carbonyl (C=O) groups is 1. The summed E-state index contributed by atoms with van der Waals surface area (Å²) in [6, 6.07) is 16.9. The van der Waals surface area contributed by atoms with Crippen molar-refractivity contribution in [3.63, 3.8) is 0 Å². The van der Waals surface area contributed by atoms with Gasteiger partial charge in [0.2, 0.25) is 5.89 Å². The Hall–Kier alpha value is -2.73. The summed E-state index contributed by atoms with van der Waals surface area (Å²) in [5.74, 6) is -0.0921. The molecule has 0 aliphatic rings. The van der Waals surface area contributed by atoms with E-state index >= 15 is 0 Å². The maximum absolute atomic E-state index is 11.3. The molecule has 0 N–H and O–H groups in total. The number of aliphatic imine (C=N–C) groups is 1. The van der Waals surface area contributed by atoms with Gasteiger partial charge in [-0.2, -0.15) is 0 Å². The SMILES string of the molecule is CC(=O)Oc1oc(-c2ccccc2)nc1C=Nc1cccc(Br)c1. The molecule has 0 unspecified atom stereocenters. The van der Waals surface area contributed by atoms with Gasteiger partial charge in [0.05, 0.1) is 11.9 Å². The zero-order valence-electron chi connectivity index (χ0n) is 12.8. The van der Waals surface area contributed by atoms with E-state index in [1.165, 1.54) is 13.1 Å². The summed E-state index contributed by atoms with van der Waals surface area (Å²) < 4.78 is 11.6. The number of aromatic nitrogens is 1. The summed E-state index contributed by atoms with van der Waals surface area (Å²) in [5, 5.41) is 0. The first kappa shape index (κ1) is 16.1. The number of rotatable bonds is 4. The van der Waals surface area contributed by atoms with Crippen LogP contribution in [-0.4, -0.2) is 17.2 Å². The molecule has 24 heavy (non-hydrogen) atoms. The highest BCUT2D eigenvalue weighted by molar-refractivity contribution is 9.10. The summed E-state index contributed by atoms with van der Waals surface area (Å²) in [4.78, 5) is 20.0. The van der Waals surface area contributed by atoms with Crippen LogP contribution in [0.4, 0.5) is 5.69 Å². The Morgan fingerprint density at radius 3 is 2.71 bits per heavy atom. The van der Waals surface area contributed by atoms with Crippen molar-refractivity contribution in [1.82, 2.24) is 4.98 Å². The van der Waals surface area contributed by atoms with Crippen LogP contribution in [0.2, 0.25) is 0 Å². The lowest BCUT2D eigenvalue weighted by atomic mass is 10.2. The fourth-order valence-corrected chi connectivity index (χ4v) is 2.39. The summed E-state index contributed by atoms with van der Waals surface area (Å²) in [6.45, 7) is 1.31. The molecule has 0 radical (unpaired) electrons. The standard InChI is InChI=1S/C18H13BrN2O3/c1-12(22)23-18-16(11-20-15-9-5-8-14(19)10-15)21-17(24-18)13-6-3-2-4-7-13/h2-11H,1H3. The van der Waals surface area contributed by atoms with Gasteiger partial charge in [0.1, 0.15) is 0 Å². The highest BCUT2D eigenvalue weighted by Gasteiger charge is 2.16. The minimum absolute atomic E-state index is 0.0279. The number of benzene rings is 2. The lowest BCUT2D eigenvalue weighted by Gasteiger charge is -1.96. The van der Waals surface area contributed by atoms with Crippen molar-refractivity contribution in [3.05, 3.63) is 64.8 Å². The molecule has 0 saturated carbocycles. The highest BCUT2D eigenvalue weighted by atomic mass is 79.9. The monoisotopic (exact) mass is 384 g/mol. The van der Waals surface area contributed by atoms with Crippen molar-refractivity contribution in [2.75, 3.05) is 0 Å². The molecule has 6 heteroatoms. The van der Waals surface area contributed by atoms with Gasteiger partial charge >= 0.3 is 11.9 Å².